The van der Waals surface area contributed by atoms with Crippen molar-refractivity contribution >= 4 is 5.69 Å². The highest BCUT2D eigenvalue weighted by Crippen LogP contribution is 2.62. The van der Waals surface area contributed by atoms with E-state index in [1.165, 1.54) is 22.3 Å². The first-order valence-corrected chi connectivity index (χ1v) is 11.5. The molecule has 0 bridgehead atoms. The van der Waals surface area contributed by atoms with Crippen molar-refractivity contribution in [3.8, 4) is 33.8 Å². The zero-order valence-corrected chi connectivity index (χ0v) is 18.6. The highest BCUT2D eigenvalue weighted by Gasteiger charge is 2.51. The third-order valence-corrected chi connectivity index (χ3v) is 7.26. The largest absolute Gasteiger partial charge is 0.457 e. The predicted octanol–water partition coefficient (Wildman–Crippen LogP) is 7.73. The highest BCUT2D eigenvalue weighted by atomic mass is 16.6. The van der Waals surface area contributed by atoms with Crippen LogP contribution in [0.4, 0.5) is 5.69 Å². The molecule has 0 aromatic heterocycles. The van der Waals surface area contributed by atoms with Gasteiger partial charge in [0.25, 0.3) is 5.69 Å². The van der Waals surface area contributed by atoms with Gasteiger partial charge in [0.05, 0.1) is 15.9 Å². The maximum atomic E-state index is 11.8. The van der Waals surface area contributed by atoms with E-state index in [0.29, 0.717) is 5.56 Å². The Morgan fingerprint density at radius 3 is 1.80 bits per heavy atom. The van der Waals surface area contributed by atoms with E-state index in [9.17, 15) is 10.1 Å². The van der Waals surface area contributed by atoms with Gasteiger partial charge in [-0.3, -0.25) is 10.1 Å². The summed E-state index contributed by atoms with van der Waals surface area (Å²) in [5, 5.41) is 11.8. The molecule has 4 nitrogen and oxygen atoms in total. The van der Waals surface area contributed by atoms with Crippen LogP contribution in [0.2, 0.25) is 0 Å². The lowest BCUT2D eigenvalue weighted by atomic mass is 9.66. The van der Waals surface area contributed by atoms with Crippen LogP contribution in [0, 0.1) is 10.1 Å². The molecule has 0 N–H and O–H groups in total. The van der Waals surface area contributed by atoms with Gasteiger partial charge in [0.1, 0.15) is 11.5 Å². The second-order valence-electron chi connectivity index (χ2n) is 8.92. The number of para-hydroxylation sites is 2. The molecule has 5 aromatic carbocycles. The Hall–Kier alpha value is -4.70. The lowest BCUT2D eigenvalue weighted by molar-refractivity contribution is -0.384. The van der Waals surface area contributed by atoms with Gasteiger partial charge in [0, 0.05) is 17.2 Å². The van der Waals surface area contributed by atoms with Crippen LogP contribution >= 0.6 is 0 Å². The van der Waals surface area contributed by atoms with Gasteiger partial charge in [0.2, 0.25) is 0 Å². The predicted molar refractivity (Wildman–Crippen MR) is 136 cm³/mol. The molecule has 7 rings (SSSR count). The number of hydrogen-bond donors (Lipinski definition) is 0. The number of nitrogens with zero attached hydrogens (tertiary/aromatic N) is 1. The van der Waals surface area contributed by atoms with Gasteiger partial charge in [-0.2, -0.15) is 0 Å². The maximum absolute atomic E-state index is 11.8. The van der Waals surface area contributed by atoms with Crippen molar-refractivity contribution in [3.05, 3.63) is 148 Å². The van der Waals surface area contributed by atoms with E-state index in [1.807, 2.05) is 36.4 Å². The SMILES string of the molecule is O=[N+]([O-])c1ccccc1-c1ccc2c(c1)C1(c3ccccc3O2)c2ccccc2-c2ccccc21. The van der Waals surface area contributed by atoms with E-state index in [1.54, 1.807) is 18.2 Å². The summed E-state index contributed by atoms with van der Waals surface area (Å²) in [5.74, 6) is 1.59. The fourth-order valence-electron chi connectivity index (χ4n) is 5.90. The zero-order valence-electron chi connectivity index (χ0n) is 18.6. The summed E-state index contributed by atoms with van der Waals surface area (Å²) in [6.45, 7) is 0. The zero-order chi connectivity index (χ0) is 23.6. The second-order valence-corrected chi connectivity index (χ2v) is 8.92. The molecule has 1 aliphatic carbocycles. The van der Waals surface area contributed by atoms with Crippen molar-refractivity contribution in [1.29, 1.82) is 0 Å². The molecule has 0 saturated heterocycles. The monoisotopic (exact) mass is 453 g/mol. The van der Waals surface area contributed by atoms with Crippen LogP contribution < -0.4 is 4.74 Å². The van der Waals surface area contributed by atoms with Crippen LogP contribution in [0.15, 0.2) is 115 Å². The van der Waals surface area contributed by atoms with E-state index in [0.717, 1.165) is 28.2 Å². The normalized spacial score (nSPS) is 13.8. The smallest absolute Gasteiger partial charge is 0.277 e. The number of nitro benzene ring substituents is 1. The van der Waals surface area contributed by atoms with Gasteiger partial charge in [-0.25, -0.2) is 0 Å². The van der Waals surface area contributed by atoms with Gasteiger partial charge < -0.3 is 4.74 Å². The molecule has 0 saturated carbocycles. The minimum atomic E-state index is -0.586. The van der Waals surface area contributed by atoms with Crippen molar-refractivity contribution in [3.63, 3.8) is 0 Å². The molecule has 5 aromatic rings. The quantitative estimate of drug-likeness (QED) is 0.199. The Morgan fingerprint density at radius 1 is 0.571 bits per heavy atom. The molecular weight excluding hydrogens is 434 g/mol. The van der Waals surface area contributed by atoms with E-state index >= 15 is 0 Å². The highest BCUT2D eigenvalue weighted by molar-refractivity contribution is 5.89. The Kier molecular flexibility index (Phi) is 4.03. The third-order valence-electron chi connectivity index (χ3n) is 7.26. The first kappa shape index (κ1) is 19.7. The maximum Gasteiger partial charge on any atom is 0.277 e. The third kappa shape index (κ3) is 2.56. The molecular formula is C31H19NO3. The lowest BCUT2D eigenvalue weighted by Gasteiger charge is -2.39. The molecule has 0 amide bonds. The molecule has 0 radical (unpaired) electrons. The first-order valence-electron chi connectivity index (χ1n) is 11.5. The van der Waals surface area contributed by atoms with E-state index < -0.39 is 5.41 Å². The molecule has 0 unspecified atom stereocenters. The Balaban J connectivity index is 1.61. The summed E-state index contributed by atoms with van der Waals surface area (Å²) in [7, 11) is 0. The van der Waals surface area contributed by atoms with Crippen LogP contribution in [-0.4, -0.2) is 4.92 Å². The van der Waals surface area contributed by atoms with E-state index in [4.69, 9.17) is 4.74 Å². The number of nitro groups is 1. The Bertz CT molecular complexity index is 1620. The number of fused-ring (bicyclic) bond motifs is 9. The van der Waals surface area contributed by atoms with Crippen molar-refractivity contribution in [2.45, 2.75) is 5.41 Å². The summed E-state index contributed by atoms with van der Waals surface area (Å²) >= 11 is 0. The average Bonchev–Trinajstić information content (AvgIpc) is 3.20. The molecule has 2 aliphatic rings. The standard InChI is InChI=1S/C31H19NO3/c33-32(34)28-15-7-3-9-21(28)20-17-18-30-27(19-20)31(26-14-6-8-16-29(26)35-30)24-12-4-1-10-22(24)23-11-2-5-13-25(23)31/h1-19H. The fourth-order valence-corrected chi connectivity index (χ4v) is 5.90. The summed E-state index contributed by atoms with van der Waals surface area (Å²) in [6, 6.07) is 38.1. The number of hydrogen-bond acceptors (Lipinski definition) is 3. The van der Waals surface area contributed by atoms with E-state index in [2.05, 4.69) is 60.7 Å². The van der Waals surface area contributed by atoms with Crippen LogP contribution in [0.1, 0.15) is 22.3 Å². The summed E-state index contributed by atoms with van der Waals surface area (Å²) in [6.07, 6.45) is 0. The van der Waals surface area contributed by atoms with Crippen molar-refractivity contribution < 1.29 is 9.66 Å². The molecule has 1 heterocycles. The Morgan fingerprint density at radius 2 is 1.11 bits per heavy atom. The van der Waals surface area contributed by atoms with Gasteiger partial charge in [-0.1, -0.05) is 84.9 Å². The van der Waals surface area contributed by atoms with E-state index in [-0.39, 0.29) is 10.6 Å². The Labute approximate surface area is 202 Å². The molecule has 35 heavy (non-hydrogen) atoms. The molecule has 4 heteroatoms. The van der Waals surface area contributed by atoms with Crippen LogP contribution in [0.5, 0.6) is 11.5 Å². The minimum Gasteiger partial charge on any atom is -0.457 e. The van der Waals surface area contributed by atoms with Gasteiger partial charge in [-0.15, -0.1) is 0 Å². The van der Waals surface area contributed by atoms with Crippen LogP contribution in [-0.2, 0) is 5.41 Å². The molecule has 1 aliphatic heterocycles. The number of rotatable bonds is 2. The van der Waals surface area contributed by atoms with Gasteiger partial charge in [-0.05, 0) is 52.1 Å². The second kappa shape index (κ2) is 7.15. The van der Waals surface area contributed by atoms with Crippen LogP contribution in [0.3, 0.4) is 0 Å². The first-order chi connectivity index (χ1) is 17.2. The van der Waals surface area contributed by atoms with Gasteiger partial charge >= 0.3 is 0 Å². The summed E-state index contributed by atoms with van der Waals surface area (Å²) < 4.78 is 6.43. The lowest BCUT2D eigenvalue weighted by Crippen LogP contribution is -2.32. The minimum absolute atomic E-state index is 0.0888. The topological polar surface area (TPSA) is 52.4 Å². The molecule has 1 spiro atoms. The summed E-state index contributed by atoms with van der Waals surface area (Å²) in [4.78, 5) is 11.5. The number of ether oxygens (including phenoxy) is 1. The van der Waals surface area contributed by atoms with Gasteiger partial charge in [0.15, 0.2) is 0 Å². The van der Waals surface area contributed by atoms with Crippen molar-refractivity contribution in [1.82, 2.24) is 0 Å². The molecule has 166 valence electrons. The fraction of sp³-hybridized carbons (Fsp3) is 0.0323. The average molecular weight is 453 g/mol. The summed E-state index contributed by atoms with van der Waals surface area (Å²) in [5.41, 5.74) is 7.73. The van der Waals surface area contributed by atoms with Crippen LogP contribution in [0.25, 0.3) is 22.3 Å². The molecule has 0 fully saturated rings. The molecule has 0 atom stereocenters. The van der Waals surface area contributed by atoms with Crippen molar-refractivity contribution in [2.24, 2.45) is 0 Å². The van der Waals surface area contributed by atoms with Crippen molar-refractivity contribution in [2.75, 3.05) is 0 Å². The number of benzene rings is 5.